The first-order valence-corrected chi connectivity index (χ1v) is 8.34. The first-order chi connectivity index (χ1) is 10.2. The molecule has 0 radical (unpaired) electrons. The molecule has 1 aliphatic heterocycles. The number of rotatable bonds is 6. The van der Waals surface area contributed by atoms with Gasteiger partial charge in [0.05, 0.1) is 18.1 Å². The Kier molecular flexibility index (Phi) is 6.45. The van der Waals surface area contributed by atoms with E-state index in [0.717, 1.165) is 38.8 Å². The van der Waals surface area contributed by atoms with Crippen LogP contribution in [-0.2, 0) is 9.53 Å². The Morgan fingerprint density at radius 3 is 2.62 bits per heavy atom. The number of carbonyl (C=O) groups is 1. The highest BCUT2D eigenvalue weighted by molar-refractivity contribution is 5.83. The van der Waals surface area contributed by atoms with E-state index in [1.165, 1.54) is 19.3 Å². The highest BCUT2D eigenvalue weighted by Gasteiger charge is 2.39. The van der Waals surface area contributed by atoms with Crippen molar-refractivity contribution in [1.29, 1.82) is 0 Å². The molecule has 5 heteroatoms. The van der Waals surface area contributed by atoms with Crippen LogP contribution in [0.4, 0.5) is 0 Å². The summed E-state index contributed by atoms with van der Waals surface area (Å²) in [5, 5.41) is 16.5. The van der Waals surface area contributed by atoms with E-state index in [4.69, 9.17) is 4.74 Å². The predicted octanol–water partition coefficient (Wildman–Crippen LogP) is 1.06. The van der Waals surface area contributed by atoms with E-state index in [2.05, 4.69) is 10.6 Å². The molecule has 1 aliphatic carbocycles. The van der Waals surface area contributed by atoms with Crippen molar-refractivity contribution >= 4 is 5.91 Å². The van der Waals surface area contributed by atoms with Crippen LogP contribution in [0.3, 0.4) is 0 Å². The summed E-state index contributed by atoms with van der Waals surface area (Å²) in [5.74, 6) is 0.395. The zero-order valence-corrected chi connectivity index (χ0v) is 13.2. The van der Waals surface area contributed by atoms with Gasteiger partial charge in [0.15, 0.2) is 0 Å². The van der Waals surface area contributed by atoms with Crippen LogP contribution in [0, 0.1) is 11.3 Å². The predicted molar refractivity (Wildman–Crippen MR) is 82.0 cm³/mol. The molecule has 1 heterocycles. The van der Waals surface area contributed by atoms with Gasteiger partial charge in [0, 0.05) is 13.7 Å². The quantitative estimate of drug-likeness (QED) is 0.686. The molecule has 0 spiro atoms. The highest BCUT2D eigenvalue weighted by atomic mass is 16.5. The summed E-state index contributed by atoms with van der Waals surface area (Å²) in [6.07, 6.45) is 7.05. The molecule has 0 aromatic carbocycles. The van der Waals surface area contributed by atoms with E-state index in [-0.39, 0.29) is 5.91 Å². The van der Waals surface area contributed by atoms with Gasteiger partial charge in [0.1, 0.15) is 0 Å². The average molecular weight is 298 g/mol. The van der Waals surface area contributed by atoms with Crippen LogP contribution in [0.25, 0.3) is 0 Å². The number of methoxy groups -OCH3 is 1. The maximum Gasteiger partial charge on any atom is 0.228 e. The topological polar surface area (TPSA) is 70.6 Å². The lowest BCUT2D eigenvalue weighted by Crippen LogP contribution is -2.51. The van der Waals surface area contributed by atoms with Crippen LogP contribution in [0.15, 0.2) is 0 Å². The number of aliphatic hydroxyl groups excluding tert-OH is 1. The molecule has 0 aromatic heterocycles. The Hall–Kier alpha value is -0.650. The van der Waals surface area contributed by atoms with E-state index in [1.54, 1.807) is 7.11 Å². The fraction of sp³-hybridized carbons (Fsp3) is 0.938. The number of piperidine rings is 1. The van der Waals surface area contributed by atoms with Crippen LogP contribution >= 0.6 is 0 Å². The lowest BCUT2D eigenvalue weighted by molar-refractivity contribution is -0.136. The maximum atomic E-state index is 12.6. The van der Waals surface area contributed by atoms with Crippen molar-refractivity contribution in [1.82, 2.24) is 10.6 Å². The lowest BCUT2D eigenvalue weighted by atomic mass is 9.78. The molecule has 0 aromatic rings. The number of hydrogen-bond acceptors (Lipinski definition) is 4. The molecule has 1 amide bonds. The Bertz CT molecular complexity index is 318. The molecular weight excluding hydrogens is 268 g/mol. The van der Waals surface area contributed by atoms with Crippen LogP contribution in [0.1, 0.15) is 44.9 Å². The van der Waals surface area contributed by atoms with Crippen molar-refractivity contribution in [2.24, 2.45) is 11.3 Å². The van der Waals surface area contributed by atoms with Crippen molar-refractivity contribution in [2.75, 3.05) is 33.4 Å². The van der Waals surface area contributed by atoms with Gasteiger partial charge >= 0.3 is 0 Å². The molecule has 2 aliphatic rings. The third kappa shape index (κ3) is 4.41. The number of carbonyl (C=O) groups excluding carboxylic acids is 1. The first kappa shape index (κ1) is 16.7. The summed E-state index contributed by atoms with van der Waals surface area (Å²) < 4.78 is 5.28. The molecule has 2 fully saturated rings. The van der Waals surface area contributed by atoms with Gasteiger partial charge in [0.2, 0.25) is 5.91 Å². The molecule has 2 rings (SSSR count). The molecule has 3 N–H and O–H groups in total. The molecule has 1 saturated carbocycles. The van der Waals surface area contributed by atoms with Crippen LogP contribution in [0.2, 0.25) is 0 Å². The lowest BCUT2D eigenvalue weighted by Gasteiger charge is -2.36. The van der Waals surface area contributed by atoms with Crippen LogP contribution < -0.4 is 10.6 Å². The zero-order valence-electron chi connectivity index (χ0n) is 13.2. The van der Waals surface area contributed by atoms with E-state index < -0.39 is 11.5 Å². The molecule has 21 heavy (non-hydrogen) atoms. The molecule has 1 unspecified atom stereocenters. The Labute approximate surface area is 127 Å². The van der Waals surface area contributed by atoms with E-state index in [0.29, 0.717) is 19.1 Å². The third-order valence-corrected chi connectivity index (χ3v) is 5.13. The number of hydrogen-bond donors (Lipinski definition) is 3. The second kappa shape index (κ2) is 8.11. The minimum atomic E-state index is -0.424. The van der Waals surface area contributed by atoms with Gasteiger partial charge in [-0.05, 0) is 44.7 Å². The van der Waals surface area contributed by atoms with Crippen LogP contribution in [-0.4, -0.2) is 50.5 Å². The molecule has 5 nitrogen and oxygen atoms in total. The average Bonchev–Trinajstić information content (AvgIpc) is 2.54. The minimum absolute atomic E-state index is 0.0423. The summed E-state index contributed by atoms with van der Waals surface area (Å²) in [6, 6.07) is 0. The van der Waals surface area contributed by atoms with E-state index >= 15 is 0 Å². The monoisotopic (exact) mass is 298 g/mol. The van der Waals surface area contributed by atoms with Gasteiger partial charge < -0.3 is 20.5 Å². The van der Waals surface area contributed by atoms with E-state index in [9.17, 15) is 9.90 Å². The number of ether oxygens (including phenoxy) is 1. The zero-order chi connectivity index (χ0) is 15.1. The van der Waals surface area contributed by atoms with Crippen molar-refractivity contribution in [3.05, 3.63) is 0 Å². The van der Waals surface area contributed by atoms with Gasteiger partial charge in [0.25, 0.3) is 0 Å². The molecule has 122 valence electrons. The summed E-state index contributed by atoms with van der Waals surface area (Å²) >= 11 is 0. The molecular formula is C16H30N2O3. The molecule has 0 bridgehead atoms. The van der Waals surface area contributed by atoms with Crippen LogP contribution in [0.5, 0.6) is 0 Å². The fourth-order valence-electron chi connectivity index (χ4n) is 3.69. The Morgan fingerprint density at radius 2 is 2.00 bits per heavy atom. The Balaban J connectivity index is 1.83. The normalized spacial score (nSPS) is 24.5. The number of nitrogens with one attached hydrogen (secondary N) is 2. The summed E-state index contributed by atoms with van der Waals surface area (Å²) in [6.45, 7) is 2.53. The minimum Gasteiger partial charge on any atom is -0.391 e. The Morgan fingerprint density at radius 1 is 1.33 bits per heavy atom. The van der Waals surface area contributed by atoms with Gasteiger partial charge in [-0.15, -0.1) is 0 Å². The molecule has 1 atom stereocenters. The maximum absolute atomic E-state index is 12.6. The van der Waals surface area contributed by atoms with Gasteiger partial charge in [-0.1, -0.05) is 19.3 Å². The van der Waals surface area contributed by atoms with Crippen molar-refractivity contribution in [2.45, 2.75) is 51.0 Å². The fourth-order valence-corrected chi connectivity index (χ4v) is 3.69. The summed E-state index contributed by atoms with van der Waals surface area (Å²) in [5.41, 5.74) is -0.424. The first-order valence-electron chi connectivity index (χ1n) is 8.34. The molecule has 1 saturated heterocycles. The number of amides is 1. The SMILES string of the molecule is COCC1(C(=O)NCC(O)C2CCCCC2)CCNCC1. The van der Waals surface area contributed by atoms with Crippen molar-refractivity contribution in [3.8, 4) is 0 Å². The summed E-state index contributed by atoms with van der Waals surface area (Å²) in [4.78, 5) is 12.6. The second-order valence-electron chi connectivity index (χ2n) is 6.64. The second-order valence-corrected chi connectivity index (χ2v) is 6.64. The summed E-state index contributed by atoms with van der Waals surface area (Å²) in [7, 11) is 1.65. The largest absolute Gasteiger partial charge is 0.391 e. The van der Waals surface area contributed by atoms with Gasteiger partial charge in [-0.2, -0.15) is 0 Å². The smallest absolute Gasteiger partial charge is 0.228 e. The van der Waals surface area contributed by atoms with Gasteiger partial charge in [-0.25, -0.2) is 0 Å². The van der Waals surface area contributed by atoms with Crippen molar-refractivity contribution in [3.63, 3.8) is 0 Å². The highest BCUT2D eigenvalue weighted by Crippen LogP contribution is 2.30. The van der Waals surface area contributed by atoms with Crippen molar-refractivity contribution < 1.29 is 14.6 Å². The third-order valence-electron chi connectivity index (χ3n) is 5.13. The standard InChI is InChI=1S/C16H30N2O3/c1-21-12-16(7-9-17-10-8-16)15(20)18-11-14(19)13-5-3-2-4-6-13/h13-14,17,19H,2-12H2,1H3,(H,18,20). The van der Waals surface area contributed by atoms with Gasteiger partial charge in [-0.3, -0.25) is 4.79 Å². The number of aliphatic hydroxyl groups is 1. The van der Waals surface area contributed by atoms with E-state index in [1.807, 2.05) is 0 Å².